The number of rotatable bonds is 6. The van der Waals surface area contributed by atoms with E-state index in [0.29, 0.717) is 17.3 Å². The van der Waals surface area contributed by atoms with Gasteiger partial charge in [-0.2, -0.15) is 0 Å². The van der Waals surface area contributed by atoms with Crippen LogP contribution in [0.15, 0.2) is 44.4 Å². The van der Waals surface area contributed by atoms with Gasteiger partial charge in [0.05, 0.1) is 16.6 Å². The molecule has 1 aromatic heterocycles. The SMILES string of the molecule is COc1ccc(N2CCN(C(=O)CCS(=O)(=O)c3ccc(Br)s3)CC2)cc1. The summed E-state index contributed by atoms with van der Waals surface area (Å²) in [7, 11) is -1.78. The summed E-state index contributed by atoms with van der Waals surface area (Å²) in [5, 5.41) is 0. The topological polar surface area (TPSA) is 66.9 Å². The van der Waals surface area contributed by atoms with Crippen molar-refractivity contribution in [2.24, 2.45) is 0 Å². The van der Waals surface area contributed by atoms with E-state index in [2.05, 4.69) is 20.8 Å². The van der Waals surface area contributed by atoms with E-state index in [1.807, 2.05) is 24.3 Å². The highest BCUT2D eigenvalue weighted by Gasteiger charge is 2.24. The van der Waals surface area contributed by atoms with E-state index in [4.69, 9.17) is 4.74 Å². The number of anilines is 1. The van der Waals surface area contributed by atoms with E-state index < -0.39 is 9.84 Å². The number of sulfone groups is 1. The van der Waals surface area contributed by atoms with Crippen molar-refractivity contribution in [2.45, 2.75) is 10.6 Å². The minimum absolute atomic E-state index is 0.0143. The molecule has 1 fully saturated rings. The second kappa shape index (κ2) is 8.62. The van der Waals surface area contributed by atoms with Gasteiger partial charge in [0.25, 0.3) is 0 Å². The zero-order valence-corrected chi connectivity index (χ0v) is 18.1. The number of hydrogen-bond donors (Lipinski definition) is 0. The molecule has 0 bridgehead atoms. The van der Waals surface area contributed by atoms with Gasteiger partial charge >= 0.3 is 0 Å². The molecule has 2 aromatic rings. The Balaban J connectivity index is 1.51. The molecular formula is C18H21BrN2O4S2. The molecule has 0 radical (unpaired) electrons. The maximum absolute atomic E-state index is 12.4. The molecule has 146 valence electrons. The zero-order valence-electron chi connectivity index (χ0n) is 14.9. The molecule has 1 aliphatic rings. The lowest BCUT2D eigenvalue weighted by molar-refractivity contribution is -0.131. The first kappa shape index (κ1) is 20.2. The van der Waals surface area contributed by atoms with Crippen molar-refractivity contribution in [3.8, 4) is 5.75 Å². The number of ether oxygens (including phenoxy) is 1. The molecule has 0 saturated carbocycles. The van der Waals surface area contributed by atoms with Crippen LogP contribution in [0.5, 0.6) is 5.75 Å². The number of methoxy groups -OCH3 is 1. The van der Waals surface area contributed by atoms with E-state index in [-0.39, 0.29) is 18.1 Å². The van der Waals surface area contributed by atoms with Gasteiger partial charge in [-0.25, -0.2) is 8.42 Å². The number of amides is 1. The Morgan fingerprint density at radius 2 is 1.78 bits per heavy atom. The second-order valence-electron chi connectivity index (χ2n) is 6.19. The quantitative estimate of drug-likeness (QED) is 0.646. The molecule has 0 atom stereocenters. The van der Waals surface area contributed by atoms with Crippen molar-refractivity contribution in [2.75, 3.05) is 43.9 Å². The van der Waals surface area contributed by atoms with Gasteiger partial charge in [0.2, 0.25) is 5.91 Å². The van der Waals surface area contributed by atoms with Gasteiger partial charge in [0.15, 0.2) is 9.84 Å². The average Bonchev–Trinajstić information content (AvgIpc) is 3.14. The maximum Gasteiger partial charge on any atom is 0.223 e. The van der Waals surface area contributed by atoms with Crippen LogP contribution < -0.4 is 9.64 Å². The monoisotopic (exact) mass is 472 g/mol. The van der Waals surface area contributed by atoms with Crippen molar-refractivity contribution < 1.29 is 17.9 Å². The first-order valence-electron chi connectivity index (χ1n) is 8.54. The summed E-state index contributed by atoms with van der Waals surface area (Å²) in [5.41, 5.74) is 1.09. The van der Waals surface area contributed by atoms with Gasteiger partial charge in [0.1, 0.15) is 9.96 Å². The predicted octanol–water partition coefficient (Wildman–Crippen LogP) is 3.03. The second-order valence-corrected chi connectivity index (χ2v) is 11.0. The van der Waals surface area contributed by atoms with Gasteiger partial charge in [-0.1, -0.05) is 0 Å². The Hall–Kier alpha value is -1.58. The third-order valence-corrected chi connectivity index (χ3v) is 8.43. The normalized spacial score (nSPS) is 15.0. The summed E-state index contributed by atoms with van der Waals surface area (Å²) in [5.74, 6) is 0.549. The van der Waals surface area contributed by atoms with Crippen molar-refractivity contribution in [3.05, 3.63) is 40.2 Å². The third kappa shape index (κ3) is 5.03. The predicted molar refractivity (Wildman–Crippen MR) is 110 cm³/mol. The number of halogens is 1. The van der Waals surface area contributed by atoms with Gasteiger partial charge in [-0.3, -0.25) is 4.79 Å². The number of thiophene rings is 1. The van der Waals surface area contributed by atoms with Crippen molar-refractivity contribution >= 4 is 48.7 Å². The van der Waals surface area contributed by atoms with Crippen molar-refractivity contribution in [3.63, 3.8) is 0 Å². The minimum Gasteiger partial charge on any atom is -0.497 e. The summed E-state index contributed by atoms with van der Waals surface area (Å²) in [6.45, 7) is 2.64. The van der Waals surface area contributed by atoms with E-state index in [9.17, 15) is 13.2 Å². The van der Waals surface area contributed by atoms with Crippen LogP contribution >= 0.6 is 27.3 Å². The number of hydrogen-bond acceptors (Lipinski definition) is 6. The van der Waals surface area contributed by atoms with E-state index in [1.54, 1.807) is 24.1 Å². The summed E-state index contributed by atoms with van der Waals surface area (Å²) < 4.78 is 30.9. The Labute approximate surface area is 171 Å². The first-order chi connectivity index (χ1) is 12.9. The van der Waals surface area contributed by atoms with Crippen LogP contribution in [0.2, 0.25) is 0 Å². The number of benzene rings is 1. The van der Waals surface area contributed by atoms with E-state index in [1.165, 1.54) is 11.3 Å². The summed E-state index contributed by atoms with van der Waals surface area (Å²) in [4.78, 5) is 16.4. The molecule has 0 unspecified atom stereocenters. The zero-order chi connectivity index (χ0) is 19.4. The maximum atomic E-state index is 12.4. The molecule has 1 amide bonds. The molecule has 2 heterocycles. The molecule has 27 heavy (non-hydrogen) atoms. The number of carbonyl (C=O) groups is 1. The Morgan fingerprint density at radius 1 is 1.11 bits per heavy atom. The van der Waals surface area contributed by atoms with Crippen molar-refractivity contribution in [1.29, 1.82) is 0 Å². The van der Waals surface area contributed by atoms with Gasteiger partial charge in [-0.05, 0) is 52.3 Å². The first-order valence-corrected chi connectivity index (χ1v) is 11.8. The molecule has 0 spiro atoms. The van der Waals surface area contributed by atoms with Gasteiger partial charge in [-0.15, -0.1) is 11.3 Å². The lowest BCUT2D eigenvalue weighted by Gasteiger charge is -2.36. The molecular weight excluding hydrogens is 452 g/mol. The molecule has 1 aromatic carbocycles. The van der Waals surface area contributed by atoms with E-state index >= 15 is 0 Å². The molecule has 1 saturated heterocycles. The lowest BCUT2D eigenvalue weighted by Crippen LogP contribution is -2.49. The Kier molecular flexibility index (Phi) is 6.44. The Bertz CT molecular complexity index is 888. The fourth-order valence-corrected chi connectivity index (χ4v) is 6.34. The summed E-state index contributed by atoms with van der Waals surface area (Å²) >= 11 is 4.44. The molecule has 1 aliphatic heterocycles. The van der Waals surface area contributed by atoms with Crippen LogP contribution in [0.1, 0.15) is 6.42 Å². The number of carbonyl (C=O) groups excluding carboxylic acids is 1. The van der Waals surface area contributed by atoms with Gasteiger partial charge < -0.3 is 14.5 Å². The largest absolute Gasteiger partial charge is 0.497 e. The standard InChI is InChI=1S/C18H21BrN2O4S2/c1-25-15-4-2-14(3-5-15)20-9-11-21(12-10-20)17(22)8-13-27(23,24)18-7-6-16(19)26-18/h2-7H,8-13H2,1H3. The fraction of sp³-hybridized carbons (Fsp3) is 0.389. The van der Waals surface area contributed by atoms with Crippen LogP contribution in [0.4, 0.5) is 5.69 Å². The van der Waals surface area contributed by atoms with Crippen LogP contribution in [0, 0.1) is 0 Å². The fourth-order valence-electron chi connectivity index (χ4n) is 2.95. The number of piperazine rings is 1. The number of nitrogens with zero attached hydrogens (tertiary/aromatic N) is 2. The molecule has 0 aliphatic carbocycles. The molecule has 9 heteroatoms. The molecule has 3 rings (SSSR count). The Morgan fingerprint density at radius 3 is 2.33 bits per heavy atom. The van der Waals surface area contributed by atoms with Crippen LogP contribution in [-0.4, -0.2) is 58.3 Å². The lowest BCUT2D eigenvalue weighted by atomic mass is 10.2. The summed E-state index contributed by atoms with van der Waals surface area (Å²) in [6.07, 6.45) is 0.0143. The van der Waals surface area contributed by atoms with Crippen LogP contribution in [-0.2, 0) is 14.6 Å². The molecule has 6 nitrogen and oxygen atoms in total. The highest BCUT2D eigenvalue weighted by atomic mass is 79.9. The highest BCUT2D eigenvalue weighted by Crippen LogP contribution is 2.27. The average molecular weight is 473 g/mol. The third-order valence-electron chi connectivity index (χ3n) is 4.51. The molecule has 0 N–H and O–H groups in total. The summed E-state index contributed by atoms with van der Waals surface area (Å²) in [6, 6.07) is 11.1. The smallest absolute Gasteiger partial charge is 0.223 e. The van der Waals surface area contributed by atoms with Crippen LogP contribution in [0.3, 0.4) is 0 Å². The van der Waals surface area contributed by atoms with Gasteiger partial charge in [0, 0.05) is 38.3 Å². The van der Waals surface area contributed by atoms with Crippen LogP contribution in [0.25, 0.3) is 0 Å². The van der Waals surface area contributed by atoms with E-state index in [0.717, 1.165) is 28.3 Å². The van der Waals surface area contributed by atoms with Crippen molar-refractivity contribution in [1.82, 2.24) is 4.90 Å². The highest BCUT2D eigenvalue weighted by molar-refractivity contribution is 9.11. The minimum atomic E-state index is -3.41.